The third-order valence-corrected chi connectivity index (χ3v) is 2.89. The largest absolute Gasteiger partial charge is 0.494 e. The molecule has 0 spiro atoms. The van der Waals surface area contributed by atoms with E-state index in [-0.39, 0.29) is 0 Å². The highest BCUT2D eigenvalue weighted by Crippen LogP contribution is 2.27. The van der Waals surface area contributed by atoms with E-state index in [1.807, 2.05) is 24.3 Å². The molecule has 0 atom stereocenters. The molecule has 4 nitrogen and oxygen atoms in total. The molecule has 21 heavy (non-hydrogen) atoms. The van der Waals surface area contributed by atoms with Crippen molar-refractivity contribution in [1.82, 2.24) is 9.78 Å². The van der Waals surface area contributed by atoms with Crippen LogP contribution in [0.4, 0.5) is 13.2 Å². The Hall–Kier alpha value is -2.02. The summed E-state index contributed by atoms with van der Waals surface area (Å²) in [6, 6.07) is 8.35. The van der Waals surface area contributed by atoms with Crippen molar-refractivity contribution in [3.05, 3.63) is 47.8 Å². The zero-order valence-corrected chi connectivity index (χ0v) is 11.3. The molecule has 0 amide bonds. The van der Waals surface area contributed by atoms with Crippen LogP contribution in [0.3, 0.4) is 0 Å². The Morgan fingerprint density at radius 1 is 1.14 bits per heavy atom. The van der Waals surface area contributed by atoms with Crippen molar-refractivity contribution < 1.29 is 17.9 Å². The SMILES string of the molecule is NCc1ccc(OCCCn2ccc(C(F)(F)F)n2)cc1. The first-order chi connectivity index (χ1) is 9.99. The van der Waals surface area contributed by atoms with Crippen molar-refractivity contribution in [2.75, 3.05) is 6.61 Å². The smallest absolute Gasteiger partial charge is 0.435 e. The second-order valence-electron chi connectivity index (χ2n) is 4.51. The summed E-state index contributed by atoms with van der Waals surface area (Å²) in [5, 5.41) is 3.47. The molecule has 114 valence electrons. The topological polar surface area (TPSA) is 53.1 Å². The van der Waals surface area contributed by atoms with E-state index >= 15 is 0 Å². The highest BCUT2D eigenvalue weighted by atomic mass is 19.4. The summed E-state index contributed by atoms with van der Waals surface area (Å²) in [4.78, 5) is 0. The van der Waals surface area contributed by atoms with Crippen LogP contribution in [0, 0.1) is 0 Å². The maximum absolute atomic E-state index is 12.4. The normalized spacial score (nSPS) is 11.6. The van der Waals surface area contributed by atoms with Crippen LogP contribution in [-0.4, -0.2) is 16.4 Å². The fourth-order valence-electron chi connectivity index (χ4n) is 1.78. The van der Waals surface area contributed by atoms with Gasteiger partial charge in [-0.15, -0.1) is 0 Å². The predicted molar refractivity (Wildman–Crippen MR) is 71.7 cm³/mol. The van der Waals surface area contributed by atoms with Gasteiger partial charge in [0, 0.05) is 25.7 Å². The molecule has 2 rings (SSSR count). The summed E-state index contributed by atoms with van der Waals surface area (Å²) in [6.45, 7) is 1.25. The zero-order valence-electron chi connectivity index (χ0n) is 11.3. The Labute approximate surface area is 120 Å². The number of hydrogen-bond acceptors (Lipinski definition) is 3. The van der Waals surface area contributed by atoms with Gasteiger partial charge in [0.2, 0.25) is 0 Å². The average molecular weight is 299 g/mol. The van der Waals surface area contributed by atoms with Gasteiger partial charge < -0.3 is 10.5 Å². The van der Waals surface area contributed by atoms with E-state index in [9.17, 15) is 13.2 Å². The molecule has 0 radical (unpaired) electrons. The fraction of sp³-hybridized carbons (Fsp3) is 0.357. The summed E-state index contributed by atoms with van der Waals surface area (Å²) < 4.78 is 43.9. The quantitative estimate of drug-likeness (QED) is 0.835. The van der Waals surface area contributed by atoms with Gasteiger partial charge in [0.1, 0.15) is 5.75 Å². The van der Waals surface area contributed by atoms with E-state index in [0.29, 0.717) is 31.9 Å². The maximum atomic E-state index is 12.4. The lowest BCUT2D eigenvalue weighted by Gasteiger charge is -2.07. The molecule has 0 bridgehead atoms. The Morgan fingerprint density at radius 2 is 1.86 bits per heavy atom. The van der Waals surface area contributed by atoms with E-state index in [4.69, 9.17) is 10.5 Å². The van der Waals surface area contributed by atoms with Crippen molar-refractivity contribution in [3.63, 3.8) is 0 Å². The van der Waals surface area contributed by atoms with Crippen LogP contribution in [0.25, 0.3) is 0 Å². The van der Waals surface area contributed by atoms with E-state index in [1.165, 1.54) is 10.9 Å². The van der Waals surface area contributed by atoms with Gasteiger partial charge in [0.15, 0.2) is 5.69 Å². The number of benzene rings is 1. The minimum absolute atomic E-state index is 0.372. The number of aryl methyl sites for hydroxylation is 1. The highest BCUT2D eigenvalue weighted by Gasteiger charge is 2.33. The van der Waals surface area contributed by atoms with Crippen molar-refractivity contribution in [1.29, 1.82) is 0 Å². The summed E-state index contributed by atoms with van der Waals surface area (Å²) in [6.07, 6.45) is -2.51. The van der Waals surface area contributed by atoms with Gasteiger partial charge in [-0.25, -0.2) is 0 Å². The molecule has 1 heterocycles. The number of halogens is 3. The Bertz CT molecular complexity index is 564. The lowest BCUT2D eigenvalue weighted by atomic mass is 10.2. The molecule has 0 aliphatic rings. The van der Waals surface area contributed by atoms with Crippen LogP contribution in [-0.2, 0) is 19.3 Å². The molecular formula is C14H16F3N3O. The van der Waals surface area contributed by atoms with Gasteiger partial charge in [0.25, 0.3) is 0 Å². The summed E-state index contributed by atoms with van der Waals surface area (Å²) in [5.74, 6) is 0.712. The number of ether oxygens (including phenoxy) is 1. The van der Waals surface area contributed by atoms with Crippen LogP contribution in [0.2, 0.25) is 0 Å². The first kappa shape index (κ1) is 15.4. The number of rotatable bonds is 6. The number of hydrogen-bond donors (Lipinski definition) is 1. The van der Waals surface area contributed by atoms with E-state index in [1.54, 1.807) is 0 Å². The van der Waals surface area contributed by atoms with Gasteiger partial charge in [-0.1, -0.05) is 12.1 Å². The van der Waals surface area contributed by atoms with Gasteiger partial charge in [-0.3, -0.25) is 4.68 Å². The molecule has 0 saturated heterocycles. The van der Waals surface area contributed by atoms with Crippen LogP contribution in [0.15, 0.2) is 36.5 Å². The molecule has 0 aliphatic heterocycles. The summed E-state index contributed by atoms with van der Waals surface area (Å²) in [7, 11) is 0. The molecular weight excluding hydrogens is 283 g/mol. The predicted octanol–water partition coefficient (Wildman–Crippen LogP) is 2.83. The van der Waals surface area contributed by atoms with Gasteiger partial charge >= 0.3 is 6.18 Å². The van der Waals surface area contributed by atoms with Crippen molar-refractivity contribution in [2.45, 2.75) is 25.7 Å². The standard InChI is InChI=1S/C14H16F3N3O/c15-14(16,17)13-6-8-20(19-13)7-1-9-21-12-4-2-11(10-18)3-5-12/h2-6,8H,1,7,9-10,18H2. The third kappa shape index (κ3) is 4.49. The molecule has 0 aliphatic carbocycles. The molecule has 7 heteroatoms. The summed E-state index contributed by atoms with van der Waals surface area (Å²) in [5.41, 5.74) is 5.63. The monoisotopic (exact) mass is 299 g/mol. The Morgan fingerprint density at radius 3 is 2.43 bits per heavy atom. The van der Waals surface area contributed by atoms with E-state index in [0.717, 1.165) is 11.6 Å². The molecule has 1 aromatic heterocycles. The van der Waals surface area contributed by atoms with Gasteiger partial charge in [-0.05, 0) is 23.8 Å². The van der Waals surface area contributed by atoms with Gasteiger partial charge in [-0.2, -0.15) is 18.3 Å². The average Bonchev–Trinajstić information content (AvgIpc) is 2.93. The maximum Gasteiger partial charge on any atom is 0.435 e. The minimum atomic E-state index is -4.40. The molecule has 2 N–H and O–H groups in total. The number of aromatic nitrogens is 2. The Balaban J connectivity index is 1.75. The number of alkyl halides is 3. The molecule has 0 saturated carbocycles. The first-order valence-electron chi connectivity index (χ1n) is 6.51. The molecule has 1 aromatic carbocycles. The summed E-state index contributed by atoms with van der Waals surface area (Å²) >= 11 is 0. The van der Waals surface area contributed by atoms with Crippen molar-refractivity contribution in [2.24, 2.45) is 5.73 Å². The van der Waals surface area contributed by atoms with Crippen molar-refractivity contribution in [3.8, 4) is 5.75 Å². The number of nitrogens with zero attached hydrogens (tertiary/aromatic N) is 2. The van der Waals surface area contributed by atoms with Crippen LogP contribution in [0.5, 0.6) is 5.75 Å². The van der Waals surface area contributed by atoms with Gasteiger partial charge in [0.05, 0.1) is 6.61 Å². The first-order valence-corrected chi connectivity index (χ1v) is 6.51. The molecule has 0 fully saturated rings. The van der Waals surface area contributed by atoms with Crippen LogP contribution < -0.4 is 10.5 Å². The van der Waals surface area contributed by atoms with Crippen molar-refractivity contribution >= 4 is 0 Å². The lowest BCUT2D eigenvalue weighted by molar-refractivity contribution is -0.141. The van der Waals surface area contributed by atoms with E-state index in [2.05, 4.69) is 5.10 Å². The minimum Gasteiger partial charge on any atom is -0.494 e. The lowest BCUT2D eigenvalue weighted by Crippen LogP contribution is -2.09. The Kier molecular flexibility index (Phi) is 4.85. The zero-order chi connectivity index (χ0) is 15.3. The molecule has 0 unspecified atom stereocenters. The fourth-order valence-corrected chi connectivity index (χ4v) is 1.78. The van der Waals surface area contributed by atoms with E-state index < -0.39 is 11.9 Å². The molecule has 2 aromatic rings. The second kappa shape index (κ2) is 6.62. The second-order valence-corrected chi connectivity index (χ2v) is 4.51. The van der Waals surface area contributed by atoms with Crippen LogP contribution in [0.1, 0.15) is 17.7 Å². The third-order valence-electron chi connectivity index (χ3n) is 2.89. The number of nitrogens with two attached hydrogens (primary N) is 1. The highest BCUT2D eigenvalue weighted by molar-refractivity contribution is 5.26. The van der Waals surface area contributed by atoms with Crippen LogP contribution >= 0.6 is 0 Å².